The molecule has 1 aliphatic heterocycles. The predicted molar refractivity (Wildman–Crippen MR) is 105 cm³/mol. The van der Waals surface area contributed by atoms with Gasteiger partial charge in [-0.3, -0.25) is 4.79 Å². The number of hydrogen-bond donors (Lipinski definition) is 0. The van der Waals surface area contributed by atoms with Gasteiger partial charge in [0.25, 0.3) is 0 Å². The summed E-state index contributed by atoms with van der Waals surface area (Å²) in [4.78, 5) is 11.5. The molecule has 0 aliphatic carbocycles. The molecular formula is C21H33BO4. The number of hydrogen-bond acceptors (Lipinski definition) is 4. The van der Waals surface area contributed by atoms with Crippen LogP contribution < -0.4 is 0 Å². The highest BCUT2D eigenvalue weighted by atomic mass is 16.7. The molecule has 1 aromatic rings. The molecule has 144 valence electrons. The molecule has 1 heterocycles. The molecule has 1 saturated heterocycles. The first kappa shape index (κ1) is 21.0. The highest BCUT2D eigenvalue weighted by Gasteiger charge is 2.53. The standard InChI is InChI=1S/C21H33BO4/c1-6-24-19(23)16-12-8-11-15-18(17-13-9-7-10-14-17)22-25-20(2,3)21(4,5)26-22/h7,9-10,13-14,18H,6,8,11-12,15-16H2,1-5H3/t18-/m0/s1. The average molecular weight is 360 g/mol. The second-order valence-corrected chi connectivity index (χ2v) is 8.05. The second-order valence-electron chi connectivity index (χ2n) is 8.05. The van der Waals surface area contributed by atoms with Crippen molar-refractivity contribution in [3.05, 3.63) is 35.9 Å². The van der Waals surface area contributed by atoms with E-state index in [9.17, 15) is 4.79 Å². The summed E-state index contributed by atoms with van der Waals surface area (Å²) in [6, 6.07) is 10.5. The van der Waals surface area contributed by atoms with Gasteiger partial charge in [0.05, 0.1) is 17.8 Å². The van der Waals surface area contributed by atoms with Crippen LogP contribution in [0.15, 0.2) is 30.3 Å². The normalized spacial score (nSPS) is 19.3. The van der Waals surface area contributed by atoms with Crippen molar-refractivity contribution in [2.45, 2.75) is 83.7 Å². The molecule has 1 aliphatic rings. The summed E-state index contributed by atoms with van der Waals surface area (Å²) in [5.41, 5.74) is 0.597. The van der Waals surface area contributed by atoms with E-state index in [1.54, 1.807) is 0 Å². The van der Waals surface area contributed by atoms with Crippen LogP contribution in [0.1, 0.15) is 78.1 Å². The molecule has 26 heavy (non-hydrogen) atoms. The lowest BCUT2D eigenvalue weighted by molar-refractivity contribution is -0.143. The molecule has 1 atom stereocenters. The summed E-state index contributed by atoms with van der Waals surface area (Å²) in [5.74, 6) is 0.0953. The summed E-state index contributed by atoms with van der Waals surface area (Å²) >= 11 is 0. The molecule has 4 nitrogen and oxygen atoms in total. The molecule has 0 unspecified atom stereocenters. The van der Waals surface area contributed by atoms with Crippen molar-refractivity contribution in [2.75, 3.05) is 6.61 Å². The molecule has 1 aromatic carbocycles. The fourth-order valence-electron chi connectivity index (χ4n) is 3.26. The summed E-state index contributed by atoms with van der Waals surface area (Å²) in [5, 5.41) is 0. The van der Waals surface area contributed by atoms with Gasteiger partial charge in [-0.15, -0.1) is 0 Å². The van der Waals surface area contributed by atoms with Gasteiger partial charge in [0.1, 0.15) is 0 Å². The smallest absolute Gasteiger partial charge is 0.465 e. The van der Waals surface area contributed by atoms with E-state index < -0.39 is 0 Å². The van der Waals surface area contributed by atoms with Crippen LogP contribution in [-0.4, -0.2) is 30.9 Å². The number of carbonyl (C=O) groups excluding carboxylic acids is 1. The van der Waals surface area contributed by atoms with Gasteiger partial charge in [-0.25, -0.2) is 0 Å². The quantitative estimate of drug-likeness (QED) is 0.356. The number of ether oxygens (including phenoxy) is 1. The number of esters is 1. The Morgan fingerprint density at radius 1 is 1.04 bits per heavy atom. The zero-order valence-electron chi connectivity index (χ0n) is 16.9. The van der Waals surface area contributed by atoms with Gasteiger partial charge in [-0.05, 0) is 53.0 Å². The number of rotatable bonds is 9. The lowest BCUT2D eigenvalue weighted by Crippen LogP contribution is -2.41. The van der Waals surface area contributed by atoms with Gasteiger partial charge in [0.15, 0.2) is 0 Å². The largest absolute Gasteiger partial charge is 0.466 e. The summed E-state index contributed by atoms with van der Waals surface area (Å²) in [6.07, 6.45) is 4.37. The Bertz CT molecular complexity index is 555. The minimum Gasteiger partial charge on any atom is -0.466 e. The van der Waals surface area contributed by atoms with E-state index in [0.717, 1.165) is 25.7 Å². The van der Waals surface area contributed by atoms with Crippen LogP contribution in [0.25, 0.3) is 0 Å². The first-order chi connectivity index (χ1) is 12.3. The fourth-order valence-corrected chi connectivity index (χ4v) is 3.26. The minimum atomic E-state index is -0.325. The van der Waals surface area contributed by atoms with Gasteiger partial charge in [0.2, 0.25) is 0 Å². The Kier molecular flexibility index (Phi) is 7.30. The van der Waals surface area contributed by atoms with Crippen molar-refractivity contribution in [3.8, 4) is 0 Å². The van der Waals surface area contributed by atoms with E-state index in [1.165, 1.54) is 5.56 Å². The zero-order chi connectivity index (χ0) is 19.2. The third kappa shape index (κ3) is 5.34. The lowest BCUT2D eigenvalue weighted by Gasteiger charge is -2.32. The molecule has 0 bridgehead atoms. The molecule has 1 fully saturated rings. The Balaban J connectivity index is 1.95. The third-order valence-corrected chi connectivity index (χ3v) is 5.53. The van der Waals surface area contributed by atoms with Crippen LogP contribution in [0.4, 0.5) is 0 Å². The second kappa shape index (κ2) is 9.05. The summed E-state index contributed by atoms with van der Waals surface area (Å²) in [7, 11) is -0.243. The topological polar surface area (TPSA) is 44.8 Å². The molecule has 0 N–H and O–H groups in total. The van der Waals surface area contributed by atoms with Crippen LogP contribution >= 0.6 is 0 Å². The minimum absolute atomic E-state index is 0.0990. The molecule has 2 rings (SSSR count). The van der Waals surface area contributed by atoms with Gasteiger partial charge >= 0.3 is 13.1 Å². The maximum Gasteiger partial charge on any atom is 0.465 e. The van der Waals surface area contributed by atoms with Gasteiger partial charge in [-0.1, -0.05) is 43.2 Å². The maximum absolute atomic E-state index is 11.5. The van der Waals surface area contributed by atoms with Crippen molar-refractivity contribution in [2.24, 2.45) is 0 Å². The van der Waals surface area contributed by atoms with Crippen LogP contribution in [0.2, 0.25) is 0 Å². The van der Waals surface area contributed by atoms with Crippen LogP contribution in [0, 0.1) is 0 Å². The average Bonchev–Trinajstić information content (AvgIpc) is 2.79. The van der Waals surface area contributed by atoms with E-state index in [4.69, 9.17) is 14.0 Å². The molecule has 0 aromatic heterocycles. The zero-order valence-corrected chi connectivity index (χ0v) is 16.9. The van der Waals surface area contributed by atoms with Crippen molar-refractivity contribution in [3.63, 3.8) is 0 Å². The first-order valence-corrected chi connectivity index (χ1v) is 9.83. The number of unbranched alkanes of at least 4 members (excludes halogenated alkanes) is 2. The molecule has 0 radical (unpaired) electrons. The SMILES string of the molecule is CCOC(=O)CCCCC[C@H](B1OC(C)(C)C(C)(C)O1)c1ccccc1. The number of benzene rings is 1. The van der Waals surface area contributed by atoms with Gasteiger partial charge in [0, 0.05) is 12.2 Å². The van der Waals surface area contributed by atoms with Crippen molar-refractivity contribution < 1.29 is 18.8 Å². The van der Waals surface area contributed by atoms with Gasteiger partial charge in [-0.2, -0.15) is 0 Å². The third-order valence-electron chi connectivity index (χ3n) is 5.53. The summed E-state index contributed by atoms with van der Waals surface area (Å²) < 4.78 is 17.6. The maximum atomic E-state index is 11.5. The Morgan fingerprint density at radius 2 is 1.65 bits per heavy atom. The Labute approximate surface area is 158 Å². The van der Waals surface area contributed by atoms with E-state index in [0.29, 0.717) is 13.0 Å². The molecule has 0 amide bonds. The van der Waals surface area contributed by atoms with E-state index in [-0.39, 0.29) is 30.1 Å². The van der Waals surface area contributed by atoms with Crippen molar-refractivity contribution in [1.29, 1.82) is 0 Å². The van der Waals surface area contributed by atoms with E-state index in [1.807, 2.05) is 13.0 Å². The predicted octanol–water partition coefficient (Wildman–Crippen LogP) is 4.92. The lowest BCUT2D eigenvalue weighted by atomic mass is 9.65. The Hall–Kier alpha value is -1.33. The molecule has 0 spiro atoms. The van der Waals surface area contributed by atoms with Gasteiger partial charge < -0.3 is 14.0 Å². The van der Waals surface area contributed by atoms with Crippen molar-refractivity contribution >= 4 is 13.1 Å². The van der Waals surface area contributed by atoms with Crippen LogP contribution in [0.5, 0.6) is 0 Å². The van der Waals surface area contributed by atoms with Crippen LogP contribution in [0.3, 0.4) is 0 Å². The van der Waals surface area contributed by atoms with Crippen LogP contribution in [-0.2, 0) is 18.8 Å². The highest BCUT2D eigenvalue weighted by Crippen LogP contribution is 2.42. The molecular weight excluding hydrogens is 327 g/mol. The summed E-state index contributed by atoms with van der Waals surface area (Å²) in [6.45, 7) is 10.7. The van der Waals surface area contributed by atoms with E-state index >= 15 is 0 Å². The molecule has 5 heteroatoms. The highest BCUT2D eigenvalue weighted by molar-refractivity contribution is 6.47. The number of carbonyl (C=O) groups is 1. The van der Waals surface area contributed by atoms with E-state index in [2.05, 4.69) is 52.0 Å². The fraction of sp³-hybridized carbons (Fsp3) is 0.667. The Morgan fingerprint density at radius 3 is 2.23 bits per heavy atom. The van der Waals surface area contributed by atoms with Crippen molar-refractivity contribution in [1.82, 2.24) is 0 Å². The first-order valence-electron chi connectivity index (χ1n) is 9.83. The monoisotopic (exact) mass is 360 g/mol. The molecule has 0 saturated carbocycles.